The van der Waals surface area contributed by atoms with Gasteiger partial charge in [0.15, 0.2) is 6.61 Å². The number of rotatable bonds is 5. The van der Waals surface area contributed by atoms with Gasteiger partial charge in [0, 0.05) is 0 Å². The van der Waals surface area contributed by atoms with Crippen molar-refractivity contribution in [3.8, 4) is 11.5 Å². The number of methoxy groups -OCH3 is 1. The molecule has 0 aromatic heterocycles. The van der Waals surface area contributed by atoms with Gasteiger partial charge >= 0.3 is 5.97 Å². The predicted octanol–water partition coefficient (Wildman–Crippen LogP) is 2.75. The molecule has 0 bridgehead atoms. The number of aryl methyl sites for hydroxylation is 1. The van der Waals surface area contributed by atoms with E-state index in [1.165, 1.54) is 13.2 Å². The van der Waals surface area contributed by atoms with Crippen molar-refractivity contribution in [1.29, 1.82) is 0 Å². The van der Waals surface area contributed by atoms with Crippen LogP contribution in [0, 0.1) is 6.92 Å². The first-order chi connectivity index (χ1) is 10.5. The molecule has 0 heterocycles. The fourth-order valence-corrected chi connectivity index (χ4v) is 1.99. The van der Waals surface area contributed by atoms with Crippen molar-refractivity contribution in [3.63, 3.8) is 0 Å². The number of hydrogen-bond donors (Lipinski definition) is 1. The molecule has 1 N–H and O–H groups in total. The van der Waals surface area contributed by atoms with E-state index < -0.39 is 12.6 Å². The number of aromatic hydroxyl groups is 1. The molecule has 0 saturated heterocycles. The molecule has 5 heteroatoms. The van der Waals surface area contributed by atoms with Crippen LogP contribution in [0.3, 0.4) is 0 Å². The summed E-state index contributed by atoms with van der Waals surface area (Å²) in [4.78, 5) is 24.0. The number of Topliss-reactive ketones (excluding diaryl/α,β-unsaturated/α-hetero) is 1. The summed E-state index contributed by atoms with van der Waals surface area (Å²) >= 11 is 0. The number of hydrogen-bond acceptors (Lipinski definition) is 5. The monoisotopic (exact) mass is 300 g/mol. The zero-order valence-electron chi connectivity index (χ0n) is 12.3. The summed E-state index contributed by atoms with van der Waals surface area (Å²) in [5.74, 6) is -0.846. The highest BCUT2D eigenvalue weighted by atomic mass is 16.5. The van der Waals surface area contributed by atoms with Gasteiger partial charge < -0.3 is 14.6 Å². The third-order valence-electron chi connectivity index (χ3n) is 3.20. The second-order valence-electron chi connectivity index (χ2n) is 4.67. The Morgan fingerprint density at radius 3 is 2.45 bits per heavy atom. The summed E-state index contributed by atoms with van der Waals surface area (Å²) in [6.07, 6.45) is 0. The number of esters is 1. The van der Waals surface area contributed by atoms with E-state index in [-0.39, 0.29) is 17.1 Å². The molecule has 0 atom stereocenters. The number of phenols is 1. The summed E-state index contributed by atoms with van der Waals surface area (Å²) in [6.45, 7) is 1.25. The van der Waals surface area contributed by atoms with Crippen molar-refractivity contribution in [2.24, 2.45) is 0 Å². The van der Waals surface area contributed by atoms with Crippen molar-refractivity contribution < 1.29 is 24.2 Å². The molecule has 0 aliphatic heterocycles. The molecule has 0 radical (unpaired) electrons. The molecule has 5 nitrogen and oxygen atoms in total. The molecule has 0 saturated carbocycles. The first-order valence-corrected chi connectivity index (χ1v) is 6.66. The van der Waals surface area contributed by atoms with Gasteiger partial charge in [-0.3, -0.25) is 4.79 Å². The van der Waals surface area contributed by atoms with Gasteiger partial charge in [0.25, 0.3) is 0 Å². The molecule has 22 heavy (non-hydrogen) atoms. The van der Waals surface area contributed by atoms with Gasteiger partial charge in [-0.05, 0) is 30.7 Å². The van der Waals surface area contributed by atoms with Crippen molar-refractivity contribution in [3.05, 3.63) is 59.2 Å². The maximum absolute atomic E-state index is 12.1. The van der Waals surface area contributed by atoms with Gasteiger partial charge in [0.05, 0.1) is 12.7 Å². The molecule has 2 rings (SSSR count). The molecule has 2 aromatic carbocycles. The highest BCUT2D eigenvalue weighted by molar-refractivity contribution is 6.01. The normalized spacial score (nSPS) is 10.1. The molecular formula is C17H16O5. The van der Waals surface area contributed by atoms with Crippen LogP contribution in [0.25, 0.3) is 0 Å². The van der Waals surface area contributed by atoms with E-state index in [1.54, 1.807) is 43.3 Å². The van der Waals surface area contributed by atoms with Gasteiger partial charge in [-0.25, -0.2) is 4.79 Å². The minimum absolute atomic E-state index is 0.0350. The lowest BCUT2D eigenvalue weighted by Gasteiger charge is -2.09. The molecular weight excluding hydrogens is 284 g/mol. The SMILES string of the molecule is COc1ccccc1C(=O)COC(=O)c1cccc(C)c1O. The van der Waals surface area contributed by atoms with E-state index in [9.17, 15) is 14.7 Å². The zero-order valence-corrected chi connectivity index (χ0v) is 12.3. The second-order valence-corrected chi connectivity index (χ2v) is 4.67. The van der Waals surface area contributed by atoms with Crippen molar-refractivity contribution >= 4 is 11.8 Å². The van der Waals surface area contributed by atoms with E-state index in [1.807, 2.05) is 0 Å². The Labute approximate surface area is 128 Å². The maximum Gasteiger partial charge on any atom is 0.342 e. The van der Waals surface area contributed by atoms with Crippen molar-refractivity contribution in [1.82, 2.24) is 0 Å². The van der Waals surface area contributed by atoms with E-state index in [4.69, 9.17) is 9.47 Å². The van der Waals surface area contributed by atoms with Gasteiger partial charge in [-0.2, -0.15) is 0 Å². The summed E-state index contributed by atoms with van der Waals surface area (Å²) < 4.78 is 10.1. The second kappa shape index (κ2) is 6.76. The van der Waals surface area contributed by atoms with Crippen LogP contribution in [-0.4, -0.2) is 30.6 Å². The van der Waals surface area contributed by atoms with Crippen molar-refractivity contribution in [2.45, 2.75) is 6.92 Å². The Balaban J connectivity index is 2.08. The van der Waals surface area contributed by atoms with Crippen LogP contribution in [0.15, 0.2) is 42.5 Å². The fraction of sp³-hybridized carbons (Fsp3) is 0.176. The number of ether oxygens (including phenoxy) is 2. The molecule has 0 aliphatic rings. The van der Waals surface area contributed by atoms with Crippen LogP contribution in [-0.2, 0) is 4.74 Å². The first kappa shape index (κ1) is 15.6. The Bertz CT molecular complexity index is 706. The highest BCUT2D eigenvalue weighted by Crippen LogP contribution is 2.22. The Morgan fingerprint density at radius 1 is 1.05 bits per heavy atom. The minimum Gasteiger partial charge on any atom is -0.507 e. The number of carbonyl (C=O) groups excluding carboxylic acids is 2. The van der Waals surface area contributed by atoms with Gasteiger partial charge in [0.2, 0.25) is 5.78 Å². The lowest BCUT2D eigenvalue weighted by Crippen LogP contribution is -2.15. The molecule has 0 fully saturated rings. The third kappa shape index (κ3) is 3.25. The Hall–Kier alpha value is -2.82. The molecule has 0 spiro atoms. The lowest BCUT2D eigenvalue weighted by molar-refractivity contribution is 0.0471. The van der Waals surface area contributed by atoms with Crippen LogP contribution in [0.4, 0.5) is 0 Å². The molecule has 114 valence electrons. The molecule has 0 unspecified atom stereocenters. The Morgan fingerprint density at radius 2 is 1.73 bits per heavy atom. The van der Waals surface area contributed by atoms with E-state index in [2.05, 4.69) is 0 Å². The van der Waals surface area contributed by atoms with Crippen LogP contribution >= 0.6 is 0 Å². The smallest absolute Gasteiger partial charge is 0.342 e. The summed E-state index contributed by atoms with van der Waals surface area (Å²) in [5.41, 5.74) is 0.935. The summed E-state index contributed by atoms with van der Waals surface area (Å²) in [6, 6.07) is 11.4. The number of carbonyl (C=O) groups is 2. The highest BCUT2D eigenvalue weighted by Gasteiger charge is 2.17. The fourth-order valence-electron chi connectivity index (χ4n) is 1.99. The summed E-state index contributed by atoms with van der Waals surface area (Å²) in [7, 11) is 1.46. The van der Waals surface area contributed by atoms with Gasteiger partial charge in [-0.1, -0.05) is 24.3 Å². The Kier molecular flexibility index (Phi) is 4.78. The van der Waals surface area contributed by atoms with Gasteiger partial charge in [0.1, 0.15) is 17.1 Å². The number of phenolic OH excluding ortho intramolecular Hbond substituents is 1. The number of benzene rings is 2. The van der Waals surface area contributed by atoms with Crippen molar-refractivity contribution in [2.75, 3.05) is 13.7 Å². The third-order valence-corrected chi connectivity index (χ3v) is 3.20. The topological polar surface area (TPSA) is 72.8 Å². The summed E-state index contributed by atoms with van der Waals surface area (Å²) in [5, 5.41) is 9.83. The average Bonchev–Trinajstić information content (AvgIpc) is 2.54. The maximum atomic E-state index is 12.1. The number of ketones is 1. The van der Waals surface area contributed by atoms with E-state index in [0.29, 0.717) is 16.9 Å². The molecule has 2 aromatic rings. The average molecular weight is 300 g/mol. The molecule has 0 amide bonds. The lowest BCUT2D eigenvalue weighted by atomic mass is 10.1. The first-order valence-electron chi connectivity index (χ1n) is 6.66. The van der Waals surface area contributed by atoms with Crippen LogP contribution in [0.5, 0.6) is 11.5 Å². The van der Waals surface area contributed by atoms with Gasteiger partial charge in [-0.15, -0.1) is 0 Å². The van der Waals surface area contributed by atoms with E-state index in [0.717, 1.165) is 0 Å². The number of para-hydroxylation sites is 2. The van der Waals surface area contributed by atoms with E-state index >= 15 is 0 Å². The molecule has 0 aliphatic carbocycles. The van der Waals surface area contributed by atoms with Crippen LogP contribution in [0.1, 0.15) is 26.3 Å². The predicted molar refractivity (Wildman–Crippen MR) is 80.5 cm³/mol. The largest absolute Gasteiger partial charge is 0.507 e. The van der Waals surface area contributed by atoms with Crippen LogP contribution < -0.4 is 4.74 Å². The minimum atomic E-state index is -0.746. The standard InChI is InChI=1S/C17H16O5/c1-11-6-5-8-13(16(11)19)17(20)22-10-14(18)12-7-3-4-9-15(12)21-2/h3-9,19H,10H2,1-2H3. The zero-order chi connectivity index (χ0) is 16.1. The quantitative estimate of drug-likeness (QED) is 0.679. The van der Waals surface area contributed by atoms with Crippen LogP contribution in [0.2, 0.25) is 0 Å².